The highest BCUT2D eigenvalue weighted by atomic mass is 16.5. The Balaban J connectivity index is 1.26. The van der Waals surface area contributed by atoms with Crippen LogP contribution < -0.4 is 9.47 Å². The number of nitrogens with zero attached hydrogens (tertiary/aromatic N) is 3. The van der Waals surface area contributed by atoms with Crippen LogP contribution >= 0.6 is 0 Å². The Hall–Kier alpha value is -4.07. The standard InChI is InChI=1S/C27H28N4O4/c1-33-21-10-5-8-18(13-21)23-15-24(30-29-23)27(32)31-12-6-9-20(17-31)26-28-16-22(35-26)14-19-7-3-4-11-25(19)34-2/h3-5,7-8,10-11,13,15-16,20H,6,9,12,14,17H2,1-2H3,(H,29,30). The van der Waals surface area contributed by atoms with Crippen molar-refractivity contribution < 1.29 is 18.7 Å². The lowest BCUT2D eigenvalue weighted by molar-refractivity contribution is 0.0692. The summed E-state index contributed by atoms with van der Waals surface area (Å²) < 4.78 is 16.8. The van der Waals surface area contributed by atoms with Crippen LogP contribution in [0.4, 0.5) is 0 Å². The molecular formula is C27H28N4O4. The molecule has 0 aliphatic carbocycles. The summed E-state index contributed by atoms with van der Waals surface area (Å²) >= 11 is 0. The van der Waals surface area contributed by atoms with Crippen molar-refractivity contribution in [2.75, 3.05) is 27.3 Å². The SMILES string of the molecule is COc1cccc(-c2cc(C(=O)N3CCCC(c4ncc(Cc5ccccc5OC)o4)C3)[nH]n2)c1. The van der Waals surface area contributed by atoms with Crippen LogP contribution in [0.2, 0.25) is 0 Å². The number of aromatic nitrogens is 3. The first-order valence-corrected chi connectivity index (χ1v) is 11.7. The molecule has 1 aliphatic rings. The fourth-order valence-corrected chi connectivity index (χ4v) is 4.52. The molecular weight excluding hydrogens is 444 g/mol. The van der Waals surface area contributed by atoms with E-state index in [1.807, 2.05) is 53.4 Å². The Morgan fingerprint density at radius 1 is 1.14 bits per heavy atom. The number of hydrogen-bond donors (Lipinski definition) is 1. The van der Waals surface area contributed by atoms with E-state index in [2.05, 4.69) is 15.2 Å². The Kier molecular flexibility index (Phi) is 6.52. The van der Waals surface area contributed by atoms with Gasteiger partial charge in [-0.3, -0.25) is 9.89 Å². The van der Waals surface area contributed by atoms with Gasteiger partial charge in [0, 0.05) is 30.6 Å². The lowest BCUT2D eigenvalue weighted by Crippen LogP contribution is -2.39. The van der Waals surface area contributed by atoms with Crippen LogP contribution in [0.1, 0.15) is 46.5 Å². The number of rotatable bonds is 7. The zero-order valence-corrected chi connectivity index (χ0v) is 19.9. The number of H-pyrrole nitrogens is 1. The van der Waals surface area contributed by atoms with Gasteiger partial charge in [-0.1, -0.05) is 30.3 Å². The van der Waals surface area contributed by atoms with E-state index < -0.39 is 0 Å². The Bertz CT molecular complexity index is 1310. The maximum atomic E-state index is 13.2. The zero-order chi connectivity index (χ0) is 24.2. The molecule has 1 fully saturated rings. The number of aromatic amines is 1. The molecule has 35 heavy (non-hydrogen) atoms. The predicted molar refractivity (Wildman–Crippen MR) is 131 cm³/mol. The third-order valence-corrected chi connectivity index (χ3v) is 6.36. The van der Waals surface area contributed by atoms with Crippen LogP contribution in [0.25, 0.3) is 11.3 Å². The Labute approximate surface area is 203 Å². The molecule has 1 atom stereocenters. The average Bonchev–Trinajstić information content (AvgIpc) is 3.59. The summed E-state index contributed by atoms with van der Waals surface area (Å²) in [4.78, 5) is 19.6. The van der Waals surface area contributed by atoms with Crippen molar-refractivity contribution >= 4 is 5.91 Å². The summed E-state index contributed by atoms with van der Waals surface area (Å²) in [6.45, 7) is 1.25. The molecule has 2 aromatic carbocycles. The van der Waals surface area contributed by atoms with E-state index in [4.69, 9.17) is 13.9 Å². The highest BCUT2D eigenvalue weighted by Crippen LogP contribution is 2.30. The quantitative estimate of drug-likeness (QED) is 0.419. The number of hydrogen-bond acceptors (Lipinski definition) is 6. The first kappa shape index (κ1) is 22.7. The summed E-state index contributed by atoms with van der Waals surface area (Å²) in [5.74, 6) is 3.01. The number of amides is 1. The molecule has 1 N–H and O–H groups in total. The zero-order valence-electron chi connectivity index (χ0n) is 19.9. The highest BCUT2D eigenvalue weighted by Gasteiger charge is 2.29. The molecule has 1 saturated heterocycles. The Morgan fingerprint density at radius 3 is 2.89 bits per heavy atom. The van der Waals surface area contributed by atoms with Gasteiger partial charge in [-0.25, -0.2) is 4.98 Å². The molecule has 5 rings (SSSR count). The molecule has 2 aromatic heterocycles. The fraction of sp³-hybridized carbons (Fsp3) is 0.296. The number of likely N-dealkylation sites (tertiary alicyclic amines) is 1. The van der Waals surface area contributed by atoms with Crippen LogP contribution in [0, 0.1) is 0 Å². The molecule has 0 radical (unpaired) electrons. The van der Waals surface area contributed by atoms with Crippen molar-refractivity contribution in [3.63, 3.8) is 0 Å². The van der Waals surface area contributed by atoms with Gasteiger partial charge in [0.1, 0.15) is 23.0 Å². The van der Waals surface area contributed by atoms with Crippen LogP contribution in [0.15, 0.2) is 65.2 Å². The van der Waals surface area contributed by atoms with Gasteiger partial charge < -0.3 is 18.8 Å². The van der Waals surface area contributed by atoms with E-state index >= 15 is 0 Å². The minimum atomic E-state index is -0.0721. The lowest BCUT2D eigenvalue weighted by atomic mass is 9.97. The van der Waals surface area contributed by atoms with E-state index in [1.54, 1.807) is 26.5 Å². The first-order chi connectivity index (χ1) is 17.1. The van der Waals surface area contributed by atoms with Crippen molar-refractivity contribution in [1.82, 2.24) is 20.1 Å². The minimum Gasteiger partial charge on any atom is -0.497 e. The molecule has 0 saturated carbocycles. The molecule has 1 aliphatic heterocycles. The van der Waals surface area contributed by atoms with Crippen LogP contribution in [0.5, 0.6) is 11.5 Å². The van der Waals surface area contributed by atoms with E-state index in [0.29, 0.717) is 36.8 Å². The van der Waals surface area contributed by atoms with Crippen molar-refractivity contribution in [2.45, 2.75) is 25.2 Å². The number of para-hydroxylation sites is 1. The molecule has 0 spiro atoms. The summed E-state index contributed by atoms with van der Waals surface area (Å²) in [5.41, 5.74) is 3.10. The molecule has 8 nitrogen and oxygen atoms in total. The van der Waals surface area contributed by atoms with Crippen molar-refractivity contribution in [1.29, 1.82) is 0 Å². The van der Waals surface area contributed by atoms with Crippen molar-refractivity contribution in [2.24, 2.45) is 0 Å². The van der Waals surface area contributed by atoms with Crippen LogP contribution in [-0.2, 0) is 6.42 Å². The number of piperidine rings is 1. The molecule has 180 valence electrons. The number of methoxy groups -OCH3 is 2. The third kappa shape index (κ3) is 4.91. The topological polar surface area (TPSA) is 93.5 Å². The van der Waals surface area contributed by atoms with Crippen molar-refractivity contribution in [3.05, 3.63) is 83.7 Å². The molecule has 1 amide bonds. The first-order valence-electron chi connectivity index (χ1n) is 11.7. The fourth-order valence-electron chi connectivity index (χ4n) is 4.52. The van der Waals surface area contributed by atoms with Crippen LogP contribution in [-0.4, -0.2) is 53.3 Å². The summed E-state index contributed by atoms with van der Waals surface area (Å²) in [5, 5.41) is 7.25. The maximum Gasteiger partial charge on any atom is 0.271 e. The monoisotopic (exact) mass is 472 g/mol. The molecule has 3 heterocycles. The molecule has 0 bridgehead atoms. The number of benzene rings is 2. The van der Waals surface area contributed by atoms with Crippen LogP contribution in [0.3, 0.4) is 0 Å². The van der Waals surface area contributed by atoms with Gasteiger partial charge in [-0.05, 0) is 37.1 Å². The van der Waals surface area contributed by atoms with Gasteiger partial charge >= 0.3 is 0 Å². The molecule has 4 aromatic rings. The summed E-state index contributed by atoms with van der Waals surface area (Å²) in [6, 6.07) is 17.3. The van der Waals surface area contributed by atoms with Gasteiger partial charge in [0.05, 0.1) is 32.0 Å². The molecule has 8 heteroatoms. The van der Waals surface area contributed by atoms with Gasteiger partial charge in [0.15, 0.2) is 5.89 Å². The second-order valence-corrected chi connectivity index (χ2v) is 8.64. The van der Waals surface area contributed by atoms with E-state index in [9.17, 15) is 4.79 Å². The number of oxazole rings is 1. The van der Waals surface area contributed by atoms with E-state index in [-0.39, 0.29) is 11.8 Å². The third-order valence-electron chi connectivity index (χ3n) is 6.36. The molecule has 1 unspecified atom stereocenters. The average molecular weight is 473 g/mol. The number of carbonyl (C=O) groups is 1. The summed E-state index contributed by atoms with van der Waals surface area (Å²) in [7, 11) is 3.29. The smallest absolute Gasteiger partial charge is 0.271 e. The Morgan fingerprint density at radius 2 is 2.03 bits per heavy atom. The van der Waals surface area contributed by atoms with Gasteiger partial charge in [0.2, 0.25) is 0 Å². The summed E-state index contributed by atoms with van der Waals surface area (Å²) in [6.07, 6.45) is 4.19. The van der Waals surface area contributed by atoms with Gasteiger partial charge in [-0.2, -0.15) is 5.10 Å². The largest absolute Gasteiger partial charge is 0.497 e. The maximum absolute atomic E-state index is 13.2. The number of nitrogens with one attached hydrogen (secondary N) is 1. The van der Waals surface area contributed by atoms with Gasteiger partial charge in [-0.15, -0.1) is 0 Å². The van der Waals surface area contributed by atoms with E-state index in [1.165, 1.54) is 0 Å². The van der Waals surface area contributed by atoms with E-state index in [0.717, 1.165) is 41.2 Å². The minimum absolute atomic E-state index is 0.0555. The number of ether oxygens (including phenoxy) is 2. The van der Waals surface area contributed by atoms with Crippen molar-refractivity contribution in [3.8, 4) is 22.8 Å². The number of carbonyl (C=O) groups excluding carboxylic acids is 1. The van der Waals surface area contributed by atoms with Gasteiger partial charge in [0.25, 0.3) is 5.91 Å². The predicted octanol–water partition coefficient (Wildman–Crippen LogP) is 4.69. The highest BCUT2D eigenvalue weighted by molar-refractivity contribution is 5.93. The second-order valence-electron chi connectivity index (χ2n) is 8.64. The second kappa shape index (κ2) is 10.0. The normalized spacial score (nSPS) is 15.7. The lowest BCUT2D eigenvalue weighted by Gasteiger charge is -2.30.